The Hall–Kier alpha value is -3.96. The Labute approximate surface area is 184 Å². The molecule has 0 atom stereocenters. The second-order valence-corrected chi connectivity index (χ2v) is 8.21. The molecule has 0 aromatic heterocycles. The summed E-state index contributed by atoms with van der Waals surface area (Å²) in [5.41, 5.74) is 1.92. The summed E-state index contributed by atoms with van der Waals surface area (Å²) in [4.78, 5) is 25.4. The lowest BCUT2D eigenvalue weighted by Crippen LogP contribution is -2.21. The molecule has 1 aliphatic rings. The molecule has 1 aliphatic heterocycles. The van der Waals surface area contributed by atoms with Crippen LogP contribution < -0.4 is 9.91 Å². The van der Waals surface area contributed by atoms with Gasteiger partial charge in [0.15, 0.2) is 0 Å². The number of ether oxygens (including phenoxy) is 1. The lowest BCUT2D eigenvalue weighted by molar-refractivity contribution is -0.114. The van der Waals surface area contributed by atoms with Gasteiger partial charge >= 0.3 is 6.16 Å². The van der Waals surface area contributed by atoms with E-state index in [0.29, 0.717) is 0 Å². The summed E-state index contributed by atoms with van der Waals surface area (Å²) >= 11 is 0. The molecule has 0 radical (unpaired) electrons. The molecule has 0 unspecified atom stereocenters. The van der Waals surface area contributed by atoms with Gasteiger partial charge in [-0.3, -0.25) is 9.35 Å². The fraction of sp³-hybridized carbons (Fsp3) is 0.0952. The topological polar surface area (TPSA) is 137 Å². The van der Waals surface area contributed by atoms with Crippen LogP contribution in [-0.2, 0) is 19.6 Å². The third-order valence-electron chi connectivity index (χ3n) is 4.37. The van der Waals surface area contributed by atoms with Gasteiger partial charge in [-0.2, -0.15) is 13.4 Å². The molecule has 1 amide bonds. The Balaban J connectivity index is 1.87. The summed E-state index contributed by atoms with van der Waals surface area (Å²) in [6.07, 6.45) is 3.01. The van der Waals surface area contributed by atoms with Gasteiger partial charge < -0.3 is 14.7 Å². The maximum absolute atomic E-state index is 12.8. The summed E-state index contributed by atoms with van der Waals surface area (Å²) in [6.45, 7) is 0. The minimum atomic E-state index is -4.40. The number of amides is 1. The molecule has 11 heteroatoms. The average molecular weight is 457 g/mol. The molecule has 0 aliphatic carbocycles. The second-order valence-electron chi connectivity index (χ2n) is 6.78. The quantitative estimate of drug-likeness (QED) is 0.397. The summed E-state index contributed by atoms with van der Waals surface area (Å²) in [5, 5.41) is 13.7. The smallest absolute Gasteiger partial charge is 0.449 e. The zero-order valence-corrected chi connectivity index (χ0v) is 17.9. The van der Waals surface area contributed by atoms with Gasteiger partial charge in [-0.05, 0) is 48.0 Å². The van der Waals surface area contributed by atoms with Crippen molar-refractivity contribution in [1.29, 1.82) is 0 Å². The van der Waals surface area contributed by atoms with Crippen molar-refractivity contribution in [3.05, 3.63) is 71.8 Å². The second kappa shape index (κ2) is 9.04. The number of hydrazone groups is 1. The van der Waals surface area contributed by atoms with Crippen LogP contribution in [0.2, 0.25) is 0 Å². The van der Waals surface area contributed by atoms with Crippen LogP contribution in [0.5, 0.6) is 0 Å². The van der Waals surface area contributed by atoms with Crippen molar-refractivity contribution in [2.24, 2.45) is 5.10 Å². The van der Waals surface area contributed by atoms with E-state index in [1.807, 2.05) is 43.3 Å². The third-order valence-corrected chi connectivity index (χ3v) is 5.24. The Kier molecular flexibility index (Phi) is 6.42. The molecule has 32 heavy (non-hydrogen) atoms. The molecular formula is C21H19N3O7S. The van der Waals surface area contributed by atoms with Gasteiger partial charge in [0.2, 0.25) is 0 Å². The highest BCUT2D eigenvalue weighted by atomic mass is 32.2. The predicted octanol–water partition coefficient (Wildman–Crippen LogP) is 2.99. The molecule has 2 N–H and O–H groups in total. The largest absolute Gasteiger partial charge is 0.512 e. The van der Waals surface area contributed by atoms with Crippen molar-refractivity contribution >= 4 is 45.5 Å². The number of carbonyl (C=O) groups is 2. The zero-order valence-electron chi connectivity index (χ0n) is 17.0. The molecule has 2 aromatic rings. The van der Waals surface area contributed by atoms with E-state index in [0.717, 1.165) is 28.4 Å². The lowest BCUT2D eigenvalue weighted by Gasteiger charge is -2.11. The standard InChI is InChI=1S/C21H19N3O7S/c1-23(2)15-8-6-14(7-9-15)4-3-5-18-19(31-21(26)27)22-24(20(18)25)16-10-12-17(13-11-16)32(28,29)30/h3-13H,1-2H3,(H,26,27)(H,28,29,30). The number of rotatable bonds is 5. The van der Waals surface area contributed by atoms with Crippen LogP contribution in [0.4, 0.5) is 16.2 Å². The number of hydrogen-bond acceptors (Lipinski definition) is 7. The van der Waals surface area contributed by atoms with Crippen molar-refractivity contribution in [1.82, 2.24) is 0 Å². The summed E-state index contributed by atoms with van der Waals surface area (Å²) < 4.78 is 36.1. The number of carboxylic acid groups (broad SMARTS) is 1. The number of hydrogen-bond donors (Lipinski definition) is 2. The van der Waals surface area contributed by atoms with Gasteiger partial charge in [0, 0.05) is 19.8 Å². The first kappa shape index (κ1) is 22.7. The number of nitrogens with zero attached hydrogens (tertiary/aromatic N) is 3. The van der Waals surface area contributed by atoms with Crippen LogP contribution in [0, 0.1) is 0 Å². The Morgan fingerprint density at radius 2 is 1.72 bits per heavy atom. The molecule has 0 spiro atoms. The van der Waals surface area contributed by atoms with Crippen LogP contribution in [0.3, 0.4) is 0 Å². The molecule has 166 valence electrons. The lowest BCUT2D eigenvalue weighted by atomic mass is 10.1. The minimum absolute atomic E-state index is 0.104. The van der Waals surface area contributed by atoms with Crippen molar-refractivity contribution in [3.63, 3.8) is 0 Å². The summed E-state index contributed by atoms with van der Waals surface area (Å²) in [7, 11) is -0.559. The van der Waals surface area contributed by atoms with Gasteiger partial charge in [-0.1, -0.05) is 24.3 Å². The number of allylic oxidation sites excluding steroid dienone is 2. The van der Waals surface area contributed by atoms with Crippen LogP contribution in [0.1, 0.15) is 5.56 Å². The van der Waals surface area contributed by atoms with Crippen molar-refractivity contribution in [2.75, 3.05) is 24.0 Å². The number of benzene rings is 2. The third kappa shape index (κ3) is 5.20. The molecule has 1 heterocycles. The van der Waals surface area contributed by atoms with E-state index >= 15 is 0 Å². The highest BCUT2D eigenvalue weighted by Crippen LogP contribution is 2.26. The van der Waals surface area contributed by atoms with E-state index < -0.39 is 28.1 Å². The van der Waals surface area contributed by atoms with E-state index in [2.05, 4.69) is 9.84 Å². The zero-order chi connectivity index (χ0) is 23.5. The predicted molar refractivity (Wildman–Crippen MR) is 118 cm³/mol. The van der Waals surface area contributed by atoms with Crippen molar-refractivity contribution in [2.45, 2.75) is 4.90 Å². The number of carbonyl (C=O) groups excluding carboxylic acids is 1. The van der Waals surface area contributed by atoms with E-state index in [9.17, 15) is 18.0 Å². The summed E-state index contributed by atoms with van der Waals surface area (Å²) in [6, 6.07) is 12.3. The highest BCUT2D eigenvalue weighted by molar-refractivity contribution is 7.85. The monoisotopic (exact) mass is 457 g/mol. The van der Waals surface area contributed by atoms with Crippen LogP contribution in [0.15, 0.2) is 76.3 Å². The van der Waals surface area contributed by atoms with Gasteiger partial charge in [0.1, 0.15) is 5.57 Å². The van der Waals surface area contributed by atoms with Gasteiger partial charge in [0.25, 0.3) is 21.9 Å². The number of anilines is 2. The van der Waals surface area contributed by atoms with E-state index in [1.54, 1.807) is 12.2 Å². The van der Waals surface area contributed by atoms with Gasteiger partial charge in [-0.15, -0.1) is 5.10 Å². The summed E-state index contributed by atoms with van der Waals surface area (Å²) in [5.74, 6) is -1.09. The molecule has 0 saturated carbocycles. The Morgan fingerprint density at radius 3 is 2.25 bits per heavy atom. The van der Waals surface area contributed by atoms with E-state index in [1.165, 1.54) is 18.2 Å². The molecule has 3 rings (SSSR count). The van der Waals surface area contributed by atoms with Crippen molar-refractivity contribution in [3.8, 4) is 0 Å². The molecule has 0 fully saturated rings. The minimum Gasteiger partial charge on any atom is -0.449 e. The Bertz CT molecular complexity index is 1230. The molecule has 10 nitrogen and oxygen atoms in total. The SMILES string of the molecule is CN(C)c1ccc(C=CC=C2C(=O)N(c3ccc(S(=O)(=O)O)cc3)N=C2OC(=O)O)cc1. The maximum atomic E-state index is 12.8. The normalized spacial score (nSPS) is 15.3. The van der Waals surface area contributed by atoms with E-state index in [4.69, 9.17) is 9.66 Å². The first-order chi connectivity index (χ1) is 15.1. The average Bonchev–Trinajstić information content (AvgIpc) is 3.03. The first-order valence-corrected chi connectivity index (χ1v) is 10.6. The highest BCUT2D eigenvalue weighted by Gasteiger charge is 2.33. The molecular weight excluding hydrogens is 438 g/mol. The van der Waals surface area contributed by atoms with Crippen molar-refractivity contribution < 1.29 is 32.4 Å². The molecule has 0 saturated heterocycles. The van der Waals surface area contributed by atoms with E-state index in [-0.39, 0.29) is 16.2 Å². The fourth-order valence-electron chi connectivity index (χ4n) is 2.77. The molecule has 0 bridgehead atoms. The first-order valence-electron chi connectivity index (χ1n) is 9.14. The maximum Gasteiger partial charge on any atom is 0.512 e. The van der Waals surface area contributed by atoms with Gasteiger partial charge in [-0.25, -0.2) is 4.79 Å². The fourth-order valence-corrected chi connectivity index (χ4v) is 3.25. The van der Waals surface area contributed by atoms with Crippen LogP contribution >= 0.6 is 0 Å². The molecule has 2 aromatic carbocycles. The van der Waals surface area contributed by atoms with Crippen LogP contribution in [0.25, 0.3) is 6.08 Å². The van der Waals surface area contributed by atoms with Crippen LogP contribution in [-0.4, -0.2) is 50.1 Å². The Morgan fingerprint density at radius 1 is 1.09 bits per heavy atom. The van der Waals surface area contributed by atoms with Gasteiger partial charge in [0.05, 0.1) is 10.6 Å².